The van der Waals surface area contributed by atoms with Gasteiger partial charge >= 0.3 is 0 Å². The monoisotopic (exact) mass is 289 g/mol. The van der Waals surface area contributed by atoms with Gasteiger partial charge in [0.05, 0.1) is 11.4 Å². The largest absolute Gasteiger partial charge is 0.217 e. The Balaban J connectivity index is 2.16. The van der Waals surface area contributed by atoms with Gasteiger partial charge in [-0.05, 0) is 44.2 Å². The number of benzene rings is 1. The van der Waals surface area contributed by atoms with Gasteiger partial charge < -0.3 is 0 Å². The number of hydrogen-bond donors (Lipinski definition) is 0. The van der Waals surface area contributed by atoms with Crippen LogP contribution in [0.25, 0.3) is 16.2 Å². The molecule has 2 aromatic heterocycles. The van der Waals surface area contributed by atoms with E-state index in [-0.39, 0.29) is 0 Å². The summed E-state index contributed by atoms with van der Waals surface area (Å²) in [5.41, 5.74) is 5.92. The van der Waals surface area contributed by atoms with E-state index in [9.17, 15) is 0 Å². The molecule has 3 rings (SSSR count). The van der Waals surface area contributed by atoms with Gasteiger partial charge in [0.2, 0.25) is 4.96 Å². The van der Waals surface area contributed by atoms with Crippen LogP contribution in [0.3, 0.4) is 0 Å². The van der Waals surface area contributed by atoms with Gasteiger partial charge in [0, 0.05) is 5.56 Å². The smallest absolute Gasteiger partial charge is 0.213 e. The molecule has 2 heterocycles. The van der Waals surface area contributed by atoms with Gasteiger partial charge in [-0.3, -0.25) is 0 Å². The van der Waals surface area contributed by atoms with Crippen molar-refractivity contribution in [3.05, 3.63) is 35.0 Å². The molecule has 3 aromatic rings. The molecular formula is C14H15N3S2. The lowest BCUT2D eigenvalue weighted by Gasteiger charge is -2.03. The second-order valence-electron chi connectivity index (χ2n) is 4.61. The van der Waals surface area contributed by atoms with Crippen molar-refractivity contribution in [1.29, 1.82) is 0 Å². The van der Waals surface area contributed by atoms with Crippen LogP contribution in [0.5, 0.6) is 0 Å². The Labute approximate surface area is 120 Å². The van der Waals surface area contributed by atoms with Crippen LogP contribution in [0.4, 0.5) is 0 Å². The highest BCUT2D eigenvalue weighted by Crippen LogP contribution is 2.29. The molecule has 98 valence electrons. The predicted molar refractivity (Wildman–Crippen MR) is 82.3 cm³/mol. The van der Waals surface area contributed by atoms with Crippen molar-refractivity contribution in [2.45, 2.75) is 25.1 Å². The number of hydrogen-bond acceptors (Lipinski definition) is 4. The normalized spacial score (nSPS) is 11.4. The average Bonchev–Trinajstić information content (AvgIpc) is 2.93. The average molecular weight is 289 g/mol. The van der Waals surface area contributed by atoms with E-state index in [1.54, 1.807) is 23.1 Å². The van der Waals surface area contributed by atoms with Crippen LogP contribution in [0.1, 0.15) is 16.8 Å². The van der Waals surface area contributed by atoms with Crippen LogP contribution in [-0.2, 0) is 0 Å². The maximum Gasteiger partial charge on any atom is 0.213 e. The lowest BCUT2D eigenvalue weighted by Crippen LogP contribution is -1.90. The van der Waals surface area contributed by atoms with Gasteiger partial charge in [-0.2, -0.15) is 0 Å². The summed E-state index contributed by atoms with van der Waals surface area (Å²) in [6.45, 7) is 6.34. The number of rotatable bonds is 2. The molecule has 0 aliphatic carbocycles. The van der Waals surface area contributed by atoms with Crippen molar-refractivity contribution in [3.63, 3.8) is 0 Å². The summed E-state index contributed by atoms with van der Waals surface area (Å²) >= 11 is 3.30. The number of fused-ring (bicyclic) bond motifs is 1. The van der Waals surface area contributed by atoms with Gasteiger partial charge in [-0.25, -0.2) is 9.50 Å². The Hall–Kier alpha value is -1.33. The second kappa shape index (κ2) is 4.65. The molecule has 0 radical (unpaired) electrons. The fourth-order valence-electron chi connectivity index (χ4n) is 2.08. The molecule has 0 spiro atoms. The summed E-state index contributed by atoms with van der Waals surface area (Å²) in [7, 11) is 0. The summed E-state index contributed by atoms with van der Waals surface area (Å²) in [5.74, 6) is 0. The summed E-state index contributed by atoms with van der Waals surface area (Å²) in [6.07, 6.45) is 2.04. The van der Waals surface area contributed by atoms with E-state index in [0.29, 0.717) is 0 Å². The van der Waals surface area contributed by atoms with Gasteiger partial charge in [0.25, 0.3) is 0 Å². The van der Waals surface area contributed by atoms with E-state index in [4.69, 9.17) is 4.98 Å². The first-order valence-electron chi connectivity index (χ1n) is 6.08. The zero-order chi connectivity index (χ0) is 13.6. The first-order valence-corrected chi connectivity index (χ1v) is 8.12. The maximum atomic E-state index is 4.73. The van der Waals surface area contributed by atoms with Crippen molar-refractivity contribution >= 4 is 28.1 Å². The molecule has 0 saturated heterocycles. The summed E-state index contributed by atoms with van der Waals surface area (Å²) < 4.78 is 3.00. The summed E-state index contributed by atoms with van der Waals surface area (Å²) in [5, 5.41) is 4.55. The van der Waals surface area contributed by atoms with Gasteiger partial charge in [-0.1, -0.05) is 35.2 Å². The van der Waals surface area contributed by atoms with Crippen molar-refractivity contribution in [1.82, 2.24) is 14.6 Å². The highest BCUT2D eigenvalue weighted by atomic mass is 32.2. The number of thioether (sulfide) groups is 1. The molecule has 0 bridgehead atoms. The molecule has 0 aliphatic heterocycles. The van der Waals surface area contributed by atoms with Gasteiger partial charge in [0.15, 0.2) is 4.34 Å². The Morgan fingerprint density at radius 3 is 2.58 bits per heavy atom. The molecule has 0 N–H and O–H groups in total. The Bertz CT molecular complexity index is 755. The number of imidazole rings is 1. The highest BCUT2D eigenvalue weighted by molar-refractivity contribution is 8.00. The molecule has 5 heteroatoms. The first-order chi connectivity index (χ1) is 9.10. The third-order valence-corrected chi connectivity index (χ3v) is 5.25. The third-order valence-electron chi connectivity index (χ3n) is 3.36. The minimum absolute atomic E-state index is 0.968. The number of aromatic nitrogens is 3. The SMILES string of the molecule is CSc1nn2c(C)c(-c3ccc(C)c(C)c3)nc2s1. The lowest BCUT2D eigenvalue weighted by molar-refractivity contribution is 0.883. The topological polar surface area (TPSA) is 30.2 Å². The molecule has 1 aromatic carbocycles. The number of nitrogens with zero attached hydrogens (tertiary/aromatic N) is 3. The van der Waals surface area contributed by atoms with E-state index in [2.05, 4.69) is 44.1 Å². The molecule has 0 saturated carbocycles. The Morgan fingerprint density at radius 2 is 1.95 bits per heavy atom. The molecule has 0 atom stereocenters. The fourth-order valence-corrected chi connectivity index (χ4v) is 3.48. The lowest BCUT2D eigenvalue weighted by atomic mass is 10.0. The molecule has 0 fully saturated rings. The van der Waals surface area contributed by atoms with E-state index in [1.807, 2.05) is 10.8 Å². The van der Waals surface area contributed by atoms with Crippen molar-refractivity contribution in [3.8, 4) is 11.3 Å². The zero-order valence-corrected chi connectivity index (χ0v) is 13.0. The zero-order valence-electron chi connectivity index (χ0n) is 11.4. The maximum absolute atomic E-state index is 4.73. The minimum Gasteiger partial charge on any atom is -0.217 e. The van der Waals surface area contributed by atoms with Crippen LogP contribution in [0.15, 0.2) is 22.5 Å². The Kier molecular flexibility index (Phi) is 3.11. The quantitative estimate of drug-likeness (QED) is 0.665. The predicted octanol–water partition coefficient (Wildman–Crippen LogP) is 4.10. The van der Waals surface area contributed by atoms with Crippen LogP contribution in [0.2, 0.25) is 0 Å². The molecule has 0 unspecified atom stereocenters. The Morgan fingerprint density at radius 1 is 1.16 bits per heavy atom. The van der Waals surface area contributed by atoms with E-state index in [0.717, 1.165) is 20.7 Å². The first kappa shape index (κ1) is 12.7. The van der Waals surface area contributed by atoms with Gasteiger partial charge in [-0.15, -0.1) is 5.10 Å². The summed E-state index contributed by atoms with van der Waals surface area (Å²) in [4.78, 5) is 5.70. The molecule has 19 heavy (non-hydrogen) atoms. The standard InChI is InChI=1S/C14H15N3S2/c1-8-5-6-11(7-9(8)2)12-10(3)17-13(15-12)19-14(16-17)18-4/h5-7H,1-4H3. The molecule has 3 nitrogen and oxygen atoms in total. The van der Waals surface area contributed by atoms with E-state index < -0.39 is 0 Å². The summed E-state index contributed by atoms with van der Waals surface area (Å²) in [6, 6.07) is 6.49. The fraction of sp³-hybridized carbons (Fsp3) is 0.286. The van der Waals surface area contributed by atoms with Crippen molar-refractivity contribution in [2.24, 2.45) is 0 Å². The molecule has 0 amide bonds. The minimum atomic E-state index is 0.968. The molecular weight excluding hydrogens is 274 g/mol. The van der Waals surface area contributed by atoms with Crippen LogP contribution < -0.4 is 0 Å². The van der Waals surface area contributed by atoms with Crippen molar-refractivity contribution in [2.75, 3.05) is 6.26 Å². The van der Waals surface area contributed by atoms with Crippen LogP contribution in [-0.4, -0.2) is 20.9 Å². The second-order valence-corrected chi connectivity index (χ2v) is 6.62. The van der Waals surface area contributed by atoms with Crippen molar-refractivity contribution < 1.29 is 0 Å². The van der Waals surface area contributed by atoms with Gasteiger partial charge in [0.1, 0.15) is 0 Å². The highest BCUT2D eigenvalue weighted by Gasteiger charge is 2.14. The van der Waals surface area contributed by atoms with E-state index >= 15 is 0 Å². The third kappa shape index (κ3) is 2.07. The van der Waals surface area contributed by atoms with Crippen LogP contribution >= 0.6 is 23.1 Å². The number of aryl methyl sites for hydroxylation is 3. The molecule has 0 aliphatic rings. The van der Waals surface area contributed by atoms with E-state index in [1.165, 1.54) is 16.7 Å². The van der Waals surface area contributed by atoms with Crippen LogP contribution in [0, 0.1) is 20.8 Å².